The molecule has 6 heteroatoms. The molecular weight excluding hydrogens is 336 g/mol. The molecule has 2 rings (SSSR count). The van der Waals surface area contributed by atoms with Crippen molar-refractivity contribution in [3.63, 3.8) is 0 Å². The van der Waals surface area contributed by atoms with Crippen molar-refractivity contribution in [2.45, 2.75) is 36.1 Å². The van der Waals surface area contributed by atoms with Crippen LogP contribution in [-0.4, -0.2) is 9.97 Å². The molecule has 1 heterocycles. The predicted molar refractivity (Wildman–Crippen MR) is 86.8 cm³/mol. The number of hydrogen-bond acceptors (Lipinski definition) is 5. The van der Waals surface area contributed by atoms with Gasteiger partial charge in [-0.25, -0.2) is 15.8 Å². The van der Waals surface area contributed by atoms with Crippen LogP contribution in [0.4, 0.5) is 5.82 Å². The predicted octanol–water partition coefficient (Wildman–Crippen LogP) is 3.97. The van der Waals surface area contributed by atoms with E-state index in [0.717, 1.165) is 20.2 Å². The number of nitrogens with two attached hydrogens (primary N) is 1. The largest absolute Gasteiger partial charge is 0.308 e. The molecule has 0 saturated heterocycles. The van der Waals surface area contributed by atoms with Gasteiger partial charge < -0.3 is 5.43 Å². The highest BCUT2D eigenvalue weighted by Crippen LogP contribution is 2.34. The van der Waals surface area contributed by atoms with E-state index in [2.05, 4.69) is 52.1 Å². The molecule has 0 spiro atoms. The Hall–Kier alpha value is -1.11. The third kappa shape index (κ3) is 3.71. The zero-order valence-electron chi connectivity index (χ0n) is 11.6. The van der Waals surface area contributed by atoms with Crippen molar-refractivity contribution in [3.8, 4) is 0 Å². The van der Waals surface area contributed by atoms with Crippen molar-refractivity contribution in [1.82, 2.24) is 9.97 Å². The van der Waals surface area contributed by atoms with Crippen molar-refractivity contribution in [3.05, 3.63) is 40.6 Å². The molecule has 0 radical (unpaired) electrons. The molecule has 20 heavy (non-hydrogen) atoms. The zero-order valence-corrected chi connectivity index (χ0v) is 14.0. The van der Waals surface area contributed by atoms with Gasteiger partial charge in [0.2, 0.25) is 0 Å². The summed E-state index contributed by atoms with van der Waals surface area (Å²) >= 11 is 5.12. The van der Waals surface area contributed by atoms with Gasteiger partial charge in [-0.3, -0.25) is 0 Å². The molecule has 0 amide bonds. The van der Waals surface area contributed by atoms with Crippen LogP contribution >= 0.6 is 27.7 Å². The van der Waals surface area contributed by atoms with E-state index < -0.39 is 0 Å². The molecule has 106 valence electrons. The van der Waals surface area contributed by atoms with Crippen molar-refractivity contribution in [1.29, 1.82) is 0 Å². The minimum atomic E-state index is -0.129. The summed E-state index contributed by atoms with van der Waals surface area (Å²) in [7, 11) is 0. The minimum absolute atomic E-state index is 0.129. The Morgan fingerprint density at radius 3 is 2.50 bits per heavy atom. The number of rotatable bonds is 3. The Morgan fingerprint density at radius 2 is 1.90 bits per heavy atom. The van der Waals surface area contributed by atoms with Crippen LogP contribution < -0.4 is 11.3 Å². The maximum atomic E-state index is 5.50. The molecule has 0 saturated carbocycles. The fraction of sp³-hybridized carbons (Fsp3) is 0.286. The average molecular weight is 353 g/mol. The second-order valence-electron chi connectivity index (χ2n) is 5.34. The molecule has 0 aliphatic rings. The summed E-state index contributed by atoms with van der Waals surface area (Å²) in [6.45, 7) is 6.24. The number of aromatic nitrogens is 2. The van der Waals surface area contributed by atoms with Crippen LogP contribution in [0.1, 0.15) is 26.6 Å². The lowest BCUT2D eigenvalue weighted by atomic mass is 9.96. The third-order valence-corrected chi connectivity index (χ3v) is 4.52. The maximum absolute atomic E-state index is 5.50. The molecule has 0 aliphatic carbocycles. The standard InChI is InChI=1S/C14H17BrN4S/c1-14(2,3)13-17-11(19-16)8-12(18-13)20-10-7-5-4-6-9(10)15/h4-8H,16H2,1-3H3,(H,17,18,19). The second-order valence-corrected chi connectivity index (χ2v) is 7.26. The Kier molecular flexibility index (Phi) is 4.67. The Morgan fingerprint density at radius 1 is 1.20 bits per heavy atom. The third-order valence-electron chi connectivity index (χ3n) is 2.57. The highest BCUT2D eigenvalue weighted by molar-refractivity contribution is 9.10. The zero-order chi connectivity index (χ0) is 14.8. The van der Waals surface area contributed by atoms with Crippen LogP contribution in [0.25, 0.3) is 0 Å². The molecule has 1 aromatic carbocycles. The average Bonchev–Trinajstić information content (AvgIpc) is 2.40. The smallest absolute Gasteiger partial charge is 0.144 e. The molecule has 1 aromatic heterocycles. The monoisotopic (exact) mass is 352 g/mol. The van der Waals surface area contributed by atoms with E-state index in [-0.39, 0.29) is 5.41 Å². The molecule has 0 atom stereocenters. The SMILES string of the molecule is CC(C)(C)c1nc(NN)cc(Sc2ccccc2Br)n1. The van der Waals surface area contributed by atoms with Gasteiger partial charge in [-0.05, 0) is 28.1 Å². The van der Waals surface area contributed by atoms with Gasteiger partial charge in [-0.1, -0.05) is 44.7 Å². The van der Waals surface area contributed by atoms with E-state index in [9.17, 15) is 0 Å². The van der Waals surface area contributed by atoms with Gasteiger partial charge in [0.1, 0.15) is 16.7 Å². The normalized spacial score (nSPS) is 11.4. The first-order chi connectivity index (χ1) is 9.40. The number of nitrogens with zero attached hydrogens (tertiary/aromatic N) is 2. The Labute approximate surface area is 131 Å². The van der Waals surface area contributed by atoms with E-state index in [1.807, 2.05) is 30.3 Å². The molecule has 0 aliphatic heterocycles. The van der Waals surface area contributed by atoms with Crippen molar-refractivity contribution >= 4 is 33.5 Å². The molecule has 4 nitrogen and oxygen atoms in total. The van der Waals surface area contributed by atoms with E-state index in [1.165, 1.54) is 0 Å². The summed E-state index contributed by atoms with van der Waals surface area (Å²) in [4.78, 5) is 10.1. The Bertz CT molecular complexity index is 610. The molecular formula is C14H17BrN4S. The van der Waals surface area contributed by atoms with Crippen molar-refractivity contribution < 1.29 is 0 Å². The number of nitrogens with one attached hydrogen (secondary N) is 1. The first-order valence-electron chi connectivity index (χ1n) is 6.19. The Balaban J connectivity index is 2.39. The molecule has 2 aromatic rings. The fourth-order valence-electron chi connectivity index (χ4n) is 1.53. The van der Waals surface area contributed by atoms with E-state index in [0.29, 0.717) is 5.82 Å². The van der Waals surface area contributed by atoms with Gasteiger partial charge in [0.25, 0.3) is 0 Å². The van der Waals surface area contributed by atoms with Gasteiger partial charge in [0.15, 0.2) is 0 Å². The highest BCUT2D eigenvalue weighted by Gasteiger charge is 2.19. The van der Waals surface area contributed by atoms with Crippen LogP contribution in [0, 0.1) is 0 Å². The van der Waals surface area contributed by atoms with Gasteiger partial charge in [0.05, 0.1) is 0 Å². The number of anilines is 1. The number of nitrogen functional groups attached to an aromatic ring is 1. The van der Waals surface area contributed by atoms with Crippen LogP contribution in [0.3, 0.4) is 0 Å². The molecule has 3 N–H and O–H groups in total. The van der Waals surface area contributed by atoms with Crippen LogP contribution in [0.15, 0.2) is 44.7 Å². The van der Waals surface area contributed by atoms with Crippen molar-refractivity contribution in [2.75, 3.05) is 5.43 Å². The lowest BCUT2D eigenvalue weighted by Crippen LogP contribution is -2.19. The molecule has 0 unspecified atom stereocenters. The number of benzene rings is 1. The quantitative estimate of drug-likeness (QED) is 0.497. The van der Waals surface area contributed by atoms with Gasteiger partial charge in [-0.15, -0.1) is 0 Å². The first kappa shape index (κ1) is 15.3. The highest BCUT2D eigenvalue weighted by atomic mass is 79.9. The number of hydrogen-bond donors (Lipinski definition) is 2. The number of hydrazine groups is 1. The number of halogens is 1. The van der Waals surface area contributed by atoms with E-state index in [4.69, 9.17) is 5.84 Å². The van der Waals surface area contributed by atoms with Crippen LogP contribution in [0.2, 0.25) is 0 Å². The van der Waals surface area contributed by atoms with E-state index in [1.54, 1.807) is 11.8 Å². The summed E-state index contributed by atoms with van der Waals surface area (Å²) in [5, 5.41) is 0.866. The van der Waals surface area contributed by atoms with Crippen LogP contribution in [-0.2, 0) is 5.41 Å². The summed E-state index contributed by atoms with van der Waals surface area (Å²) < 4.78 is 1.04. The lowest BCUT2D eigenvalue weighted by Gasteiger charge is -2.18. The van der Waals surface area contributed by atoms with Crippen molar-refractivity contribution in [2.24, 2.45) is 5.84 Å². The van der Waals surface area contributed by atoms with Gasteiger partial charge >= 0.3 is 0 Å². The van der Waals surface area contributed by atoms with E-state index >= 15 is 0 Å². The minimum Gasteiger partial charge on any atom is -0.308 e. The maximum Gasteiger partial charge on any atom is 0.144 e. The van der Waals surface area contributed by atoms with Crippen LogP contribution in [0.5, 0.6) is 0 Å². The molecule has 0 bridgehead atoms. The van der Waals surface area contributed by atoms with Gasteiger partial charge in [0, 0.05) is 20.8 Å². The molecule has 0 fully saturated rings. The summed E-state index contributed by atoms with van der Waals surface area (Å²) in [6.07, 6.45) is 0. The topological polar surface area (TPSA) is 63.8 Å². The first-order valence-corrected chi connectivity index (χ1v) is 7.79. The summed E-state index contributed by atoms with van der Waals surface area (Å²) in [5.41, 5.74) is 2.48. The lowest BCUT2D eigenvalue weighted by molar-refractivity contribution is 0.539. The fourth-order valence-corrected chi connectivity index (χ4v) is 2.89. The second kappa shape index (κ2) is 6.11. The summed E-state index contributed by atoms with van der Waals surface area (Å²) in [5.74, 6) is 6.89. The summed E-state index contributed by atoms with van der Waals surface area (Å²) in [6, 6.07) is 9.89. The van der Waals surface area contributed by atoms with Gasteiger partial charge in [-0.2, -0.15) is 0 Å².